The molecule has 4 aliphatic rings. The van der Waals surface area contributed by atoms with Crippen LogP contribution in [0.1, 0.15) is 86.5 Å². The van der Waals surface area contributed by atoms with Crippen LogP contribution < -0.4 is 0 Å². The molecule has 4 rings (SSSR count). The molecule has 1 N–H and O–H groups in total. The molecule has 0 aromatic rings. The summed E-state index contributed by atoms with van der Waals surface area (Å²) in [6, 6.07) is 0. The van der Waals surface area contributed by atoms with Gasteiger partial charge in [-0.15, -0.1) is 0 Å². The molecule has 3 fully saturated rings. The van der Waals surface area contributed by atoms with E-state index in [0.29, 0.717) is 22.7 Å². The highest BCUT2D eigenvalue weighted by Gasteiger charge is 2.56. The number of fused-ring (bicyclic) bond motifs is 5. The van der Waals surface area contributed by atoms with E-state index in [2.05, 4.69) is 65.8 Å². The summed E-state index contributed by atoms with van der Waals surface area (Å²) in [4.78, 5) is 0. The fourth-order valence-electron chi connectivity index (χ4n) is 7.59. The van der Waals surface area contributed by atoms with Gasteiger partial charge in [0.1, 0.15) is 0 Å². The lowest BCUT2D eigenvalue weighted by molar-refractivity contribution is 0.0382. The lowest BCUT2D eigenvalue weighted by Gasteiger charge is -2.55. The van der Waals surface area contributed by atoms with Crippen molar-refractivity contribution in [3.8, 4) is 0 Å². The lowest BCUT2D eigenvalue weighted by atomic mass is 9.50. The second-order valence-corrected chi connectivity index (χ2v) is 11.9. The molecular formula is C28H44O. The molecular weight excluding hydrogens is 352 g/mol. The number of hydrogen-bond donors (Lipinski definition) is 1. The fourth-order valence-corrected chi connectivity index (χ4v) is 7.59. The first kappa shape index (κ1) is 21.4. The van der Waals surface area contributed by atoms with Crippen LogP contribution in [-0.4, -0.2) is 11.2 Å². The summed E-state index contributed by atoms with van der Waals surface area (Å²) in [5, 5.41) is 10.2. The summed E-state index contributed by atoms with van der Waals surface area (Å²) in [5.74, 6) is 4.38. The normalized spacial score (nSPS) is 44.0. The summed E-state index contributed by atoms with van der Waals surface area (Å²) >= 11 is 0. The monoisotopic (exact) mass is 396 g/mol. The van der Waals surface area contributed by atoms with Gasteiger partial charge in [0.05, 0.1) is 6.10 Å². The second-order valence-electron chi connectivity index (χ2n) is 11.9. The van der Waals surface area contributed by atoms with Gasteiger partial charge in [-0.05, 0) is 91.3 Å². The van der Waals surface area contributed by atoms with Crippen molar-refractivity contribution in [1.29, 1.82) is 0 Å². The molecule has 0 saturated heterocycles. The van der Waals surface area contributed by atoms with E-state index >= 15 is 0 Å². The number of hydrogen-bond acceptors (Lipinski definition) is 1. The summed E-state index contributed by atoms with van der Waals surface area (Å²) in [6.45, 7) is 14.6. The molecule has 0 heterocycles. The number of aliphatic hydroxyl groups is 1. The molecule has 2 unspecified atom stereocenters. The van der Waals surface area contributed by atoms with E-state index in [1.165, 1.54) is 37.7 Å². The van der Waals surface area contributed by atoms with Gasteiger partial charge in [-0.1, -0.05) is 77.0 Å². The van der Waals surface area contributed by atoms with Gasteiger partial charge in [-0.25, -0.2) is 0 Å². The largest absolute Gasteiger partial charge is 0.393 e. The van der Waals surface area contributed by atoms with Gasteiger partial charge >= 0.3 is 0 Å². The zero-order chi connectivity index (χ0) is 21.0. The SMILES string of the molecule is CC(C)[C@@H](C)/C=C/[C@@H](C)[C@H]1CCC2C3=CC=C4C[C@@H](O)CC[C@]4(C)C3CC[C@@]21C. The summed E-state index contributed by atoms with van der Waals surface area (Å²) in [7, 11) is 0. The van der Waals surface area contributed by atoms with Crippen LogP contribution in [0.3, 0.4) is 0 Å². The van der Waals surface area contributed by atoms with Crippen molar-refractivity contribution in [3.63, 3.8) is 0 Å². The molecule has 29 heavy (non-hydrogen) atoms. The van der Waals surface area contributed by atoms with Gasteiger partial charge in [0, 0.05) is 0 Å². The van der Waals surface area contributed by atoms with Crippen LogP contribution >= 0.6 is 0 Å². The van der Waals surface area contributed by atoms with Gasteiger partial charge in [-0.2, -0.15) is 0 Å². The molecule has 1 nitrogen and oxygen atoms in total. The number of aliphatic hydroxyl groups excluding tert-OH is 1. The Morgan fingerprint density at radius 2 is 1.69 bits per heavy atom. The van der Waals surface area contributed by atoms with Crippen LogP contribution in [0.5, 0.6) is 0 Å². The van der Waals surface area contributed by atoms with Crippen LogP contribution in [0.15, 0.2) is 35.5 Å². The smallest absolute Gasteiger partial charge is 0.0578 e. The molecule has 162 valence electrons. The maximum atomic E-state index is 10.2. The Labute approximate surface area is 179 Å². The van der Waals surface area contributed by atoms with E-state index in [1.807, 2.05) is 0 Å². The molecule has 1 heteroatoms. The minimum atomic E-state index is -0.116. The van der Waals surface area contributed by atoms with Crippen LogP contribution in [0, 0.1) is 46.3 Å². The Morgan fingerprint density at radius 1 is 0.931 bits per heavy atom. The quantitative estimate of drug-likeness (QED) is 0.493. The lowest BCUT2D eigenvalue weighted by Crippen LogP contribution is -2.46. The topological polar surface area (TPSA) is 20.2 Å². The van der Waals surface area contributed by atoms with Crippen molar-refractivity contribution >= 4 is 0 Å². The third kappa shape index (κ3) is 3.50. The van der Waals surface area contributed by atoms with E-state index in [4.69, 9.17) is 0 Å². The van der Waals surface area contributed by atoms with Gasteiger partial charge in [0.15, 0.2) is 0 Å². The highest BCUT2D eigenvalue weighted by atomic mass is 16.3. The van der Waals surface area contributed by atoms with Crippen LogP contribution in [0.4, 0.5) is 0 Å². The first-order valence-electron chi connectivity index (χ1n) is 12.4. The fraction of sp³-hybridized carbons (Fsp3) is 0.786. The number of rotatable bonds is 4. The van der Waals surface area contributed by atoms with Crippen LogP contribution in [0.25, 0.3) is 0 Å². The molecule has 0 spiro atoms. The zero-order valence-corrected chi connectivity index (χ0v) is 19.7. The first-order valence-corrected chi connectivity index (χ1v) is 12.4. The highest BCUT2D eigenvalue weighted by molar-refractivity contribution is 5.39. The van der Waals surface area contributed by atoms with Crippen LogP contribution in [-0.2, 0) is 0 Å². The van der Waals surface area contributed by atoms with Crippen molar-refractivity contribution in [2.45, 2.75) is 92.6 Å². The second kappa shape index (κ2) is 7.70. The van der Waals surface area contributed by atoms with Gasteiger partial charge < -0.3 is 5.11 Å². The molecule has 0 aliphatic heterocycles. The Hall–Kier alpha value is -0.820. The summed E-state index contributed by atoms with van der Waals surface area (Å²) < 4.78 is 0. The van der Waals surface area contributed by atoms with E-state index < -0.39 is 0 Å². The van der Waals surface area contributed by atoms with E-state index in [9.17, 15) is 5.11 Å². The summed E-state index contributed by atoms with van der Waals surface area (Å²) in [5.41, 5.74) is 4.07. The molecule has 3 saturated carbocycles. The summed E-state index contributed by atoms with van der Waals surface area (Å²) in [6.07, 6.45) is 18.4. The average molecular weight is 397 g/mol. The minimum absolute atomic E-state index is 0.116. The van der Waals surface area contributed by atoms with E-state index in [1.54, 1.807) is 5.57 Å². The van der Waals surface area contributed by atoms with Crippen molar-refractivity contribution in [2.24, 2.45) is 46.3 Å². The maximum Gasteiger partial charge on any atom is 0.0578 e. The zero-order valence-electron chi connectivity index (χ0n) is 19.7. The van der Waals surface area contributed by atoms with Crippen molar-refractivity contribution in [1.82, 2.24) is 0 Å². The maximum absolute atomic E-state index is 10.2. The molecule has 0 radical (unpaired) electrons. The molecule has 4 aliphatic carbocycles. The number of allylic oxidation sites excluding steroid dienone is 5. The highest BCUT2D eigenvalue weighted by Crippen LogP contribution is 2.65. The van der Waals surface area contributed by atoms with Crippen molar-refractivity contribution in [3.05, 3.63) is 35.5 Å². The minimum Gasteiger partial charge on any atom is -0.393 e. The van der Waals surface area contributed by atoms with E-state index in [-0.39, 0.29) is 6.10 Å². The molecule has 0 aromatic heterocycles. The predicted octanol–water partition coefficient (Wildman–Crippen LogP) is 7.33. The Morgan fingerprint density at radius 3 is 2.41 bits per heavy atom. The van der Waals surface area contributed by atoms with Crippen LogP contribution in [0.2, 0.25) is 0 Å². The average Bonchev–Trinajstić information content (AvgIpc) is 3.03. The molecule has 0 aromatic carbocycles. The standard InChI is InChI=1S/C28H44O/c1-18(2)19(3)7-8-20(4)24-11-12-25-23-10-9-21-17-22(29)13-15-27(21,5)26(23)14-16-28(24,25)6/h7-10,18-20,22,24-26,29H,11-17H2,1-6H3/b8-7+/t19-,20+,22-,24+,25?,26?,27-,28+/m0/s1. The van der Waals surface area contributed by atoms with Gasteiger partial charge in [-0.3, -0.25) is 0 Å². The molecule has 8 atom stereocenters. The Kier molecular flexibility index (Phi) is 5.69. The van der Waals surface area contributed by atoms with Crippen molar-refractivity contribution in [2.75, 3.05) is 0 Å². The Bertz CT molecular complexity index is 712. The van der Waals surface area contributed by atoms with Crippen molar-refractivity contribution < 1.29 is 5.11 Å². The molecule has 0 amide bonds. The third-order valence-electron chi connectivity index (χ3n) is 10.0. The predicted molar refractivity (Wildman–Crippen MR) is 123 cm³/mol. The van der Waals surface area contributed by atoms with E-state index in [0.717, 1.165) is 36.5 Å². The third-order valence-corrected chi connectivity index (χ3v) is 10.0. The Balaban J connectivity index is 1.57. The van der Waals surface area contributed by atoms with Gasteiger partial charge in [0.25, 0.3) is 0 Å². The molecule has 0 bridgehead atoms. The first-order chi connectivity index (χ1) is 13.7. The van der Waals surface area contributed by atoms with Gasteiger partial charge in [0.2, 0.25) is 0 Å².